The Hall–Kier alpha value is -0.270. The van der Waals surface area contributed by atoms with Gasteiger partial charge in [-0.25, -0.2) is 0 Å². The second-order valence-electron chi connectivity index (χ2n) is 8.31. The van der Waals surface area contributed by atoms with Crippen molar-refractivity contribution in [2.45, 2.75) is 34.6 Å². The number of hydrogen-bond donors (Lipinski definition) is 0. The lowest BCUT2D eigenvalue weighted by Crippen LogP contribution is -2.12. The summed E-state index contributed by atoms with van der Waals surface area (Å²) in [5.74, 6) is 0.578. The summed E-state index contributed by atoms with van der Waals surface area (Å²) in [5, 5.41) is 1.25. The maximum absolute atomic E-state index is 2.90. The van der Waals surface area contributed by atoms with E-state index in [2.05, 4.69) is 105 Å². The van der Waals surface area contributed by atoms with Crippen LogP contribution >= 0.6 is 27.7 Å². The van der Waals surface area contributed by atoms with E-state index in [0.29, 0.717) is 5.92 Å². The second-order valence-corrected chi connectivity index (χ2v) is 9.91. The minimum Gasteiger partial charge on any atom is -0.137 e. The molecule has 0 bridgehead atoms. The van der Waals surface area contributed by atoms with Crippen molar-refractivity contribution in [1.29, 1.82) is 0 Å². The largest absolute Gasteiger partial charge is 0.137 e. The first kappa shape index (κ1) is 21.0. The van der Waals surface area contributed by atoms with E-state index in [1.165, 1.54) is 27.6 Å². The summed E-state index contributed by atoms with van der Waals surface area (Å²) < 4.78 is 0. The Kier molecular flexibility index (Phi) is 6.88. The first-order valence-electron chi connectivity index (χ1n) is 9.01. The number of hydrogen-bond acceptors (Lipinski definition) is 0. The molecule has 3 atom stereocenters. The van der Waals surface area contributed by atoms with E-state index < -0.39 is 0 Å². The highest BCUT2D eigenvalue weighted by molar-refractivity contribution is 7.22. The van der Waals surface area contributed by atoms with Crippen molar-refractivity contribution in [2.75, 3.05) is 12.3 Å². The van der Waals surface area contributed by atoms with Gasteiger partial charge in [0.1, 0.15) is 0 Å². The summed E-state index contributed by atoms with van der Waals surface area (Å²) in [5.41, 5.74) is 5.65. The van der Waals surface area contributed by atoms with E-state index in [4.69, 9.17) is 0 Å². The summed E-state index contributed by atoms with van der Waals surface area (Å²) in [6.07, 6.45) is 18.5. The predicted molar refractivity (Wildman–Crippen MR) is 125 cm³/mol. The van der Waals surface area contributed by atoms with E-state index in [0.717, 1.165) is 12.3 Å². The van der Waals surface area contributed by atoms with Crippen LogP contribution in [0.15, 0.2) is 70.1 Å². The minimum absolute atomic E-state index is 0.0425. The van der Waals surface area contributed by atoms with Crippen molar-refractivity contribution in [3.05, 3.63) is 70.1 Å². The smallest absolute Gasteiger partial charge is 0.00498 e. The molecule has 0 aromatic heterocycles. The summed E-state index contributed by atoms with van der Waals surface area (Å²) in [6.45, 7) is 11.5. The highest BCUT2D eigenvalue weighted by Gasteiger charge is 2.25. The molecule has 0 spiro atoms. The van der Waals surface area contributed by atoms with Gasteiger partial charge in [-0.2, -0.15) is 0 Å². The molecule has 0 saturated heterocycles. The van der Waals surface area contributed by atoms with Gasteiger partial charge in [-0.05, 0) is 47.2 Å². The van der Waals surface area contributed by atoms with E-state index in [1.807, 2.05) is 0 Å². The lowest BCUT2D eigenvalue weighted by Gasteiger charge is -2.25. The van der Waals surface area contributed by atoms with Crippen LogP contribution in [0.2, 0.25) is 0 Å². The highest BCUT2D eigenvalue weighted by atomic mass is 31.0. The molecule has 0 fully saturated rings. The fourth-order valence-electron chi connectivity index (χ4n) is 3.48. The SMILES string of the molecule is CC1=C(C2=CC(C)(C)C=C(C(CP)CP)C=C2)C=CC(P)=CC1(C)C. The molecule has 25 heavy (non-hydrogen) atoms. The van der Waals surface area contributed by atoms with Gasteiger partial charge in [0, 0.05) is 10.8 Å². The van der Waals surface area contributed by atoms with Crippen LogP contribution in [0, 0.1) is 16.7 Å². The standard InChI is InChI=1S/C22H33P3/c1-15-20(9-8-19(25)12-22(15,4)5)17-7-6-16(18(13-23)14-24)10-21(2,3)11-17/h6-12,18H,13-14,23-25H2,1-5H3. The molecule has 0 radical (unpaired) electrons. The van der Waals surface area contributed by atoms with Crippen LogP contribution in [0.1, 0.15) is 34.6 Å². The maximum atomic E-state index is 2.90. The molecular formula is C22H33P3. The van der Waals surface area contributed by atoms with Crippen LogP contribution in [0.25, 0.3) is 0 Å². The van der Waals surface area contributed by atoms with Gasteiger partial charge >= 0.3 is 0 Å². The average Bonchev–Trinajstić information content (AvgIpc) is 2.72. The van der Waals surface area contributed by atoms with Gasteiger partial charge < -0.3 is 0 Å². The Labute approximate surface area is 161 Å². The molecule has 0 N–H and O–H groups in total. The lowest BCUT2D eigenvalue weighted by molar-refractivity contribution is 0.575. The Bertz CT molecular complexity index is 706. The van der Waals surface area contributed by atoms with Gasteiger partial charge in [-0.15, -0.1) is 27.7 Å². The molecule has 2 aliphatic carbocycles. The zero-order valence-electron chi connectivity index (χ0n) is 16.3. The van der Waals surface area contributed by atoms with Crippen molar-refractivity contribution in [1.82, 2.24) is 0 Å². The van der Waals surface area contributed by atoms with Crippen molar-refractivity contribution in [3.8, 4) is 0 Å². The molecule has 0 saturated carbocycles. The summed E-state index contributed by atoms with van der Waals surface area (Å²) in [6, 6.07) is 0. The second kappa shape index (κ2) is 8.17. The van der Waals surface area contributed by atoms with Crippen molar-refractivity contribution in [2.24, 2.45) is 16.7 Å². The molecule has 2 rings (SSSR count). The maximum Gasteiger partial charge on any atom is 0.00498 e. The molecule has 0 nitrogen and oxygen atoms in total. The van der Waals surface area contributed by atoms with Gasteiger partial charge in [0.2, 0.25) is 0 Å². The molecule has 0 amide bonds. The van der Waals surface area contributed by atoms with Crippen LogP contribution < -0.4 is 0 Å². The third kappa shape index (κ3) is 5.13. The predicted octanol–water partition coefficient (Wildman–Crippen LogP) is 6.47. The molecular weight excluding hydrogens is 357 g/mol. The van der Waals surface area contributed by atoms with E-state index in [9.17, 15) is 0 Å². The normalized spacial score (nSPS) is 22.4. The summed E-state index contributed by atoms with van der Waals surface area (Å²) in [4.78, 5) is 0. The van der Waals surface area contributed by atoms with Crippen LogP contribution in [-0.2, 0) is 0 Å². The molecule has 3 heteroatoms. The molecule has 0 heterocycles. The Morgan fingerprint density at radius 3 is 2.12 bits per heavy atom. The zero-order chi connectivity index (χ0) is 18.8. The first-order chi connectivity index (χ1) is 11.6. The number of allylic oxidation sites excluding steroid dienone is 12. The quantitative estimate of drug-likeness (QED) is 0.483. The molecule has 0 aromatic carbocycles. The van der Waals surface area contributed by atoms with Crippen molar-refractivity contribution in [3.63, 3.8) is 0 Å². The molecule has 0 aromatic rings. The molecule has 3 unspecified atom stereocenters. The van der Waals surface area contributed by atoms with Crippen LogP contribution in [0.5, 0.6) is 0 Å². The van der Waals surface area contributed by atoms with Gasteiger partial charge in [-0.3, -0.25) is 0 Å². The van der Waals surface area contributed by atoms with Gasteiger partial charge in [-0.1, -0.05) is 75.8 Å². The number of rotatable bonds is 4. The highest BCUT2D eigenvalue weighted by Crippen LogP contribution is 2.40. The van der Waals surface area contributed by atoms with E-state index in [-0.39, 0.29) is 10.8 Å². The third-order valence-corrected chi connectivity index (χ3v) is 6.71. The Morgan fingerprint density at radius 1 is 0.880 bits per heavy atom. The van der Waals surface area contributed by atoms with Gasteiger partial charge in [0.25, 0.3) is 0 Å². The molecule has 136 valence electrons. The van der Waals surface area contributed by atoms with Crippen LogP contribution in [0.4, 0.5) is 0 Å². The van der Waals surface area contributed by atoms with Crippen molar-refractivity contribution >= 4 is 27.7 Å². The summed E-state index contributed by atoms with van der Waals surface area (Å²) >= 11 is 0. The van der Waals surface area contributed by atoms with Crippen LogP contribution in [-0.4, -0.2) is 12.3 Å². The zero-order valence-corrected chi connectivity index (χ0v) is 19.7. The average molecular weight is 390 g/mol. The monoisotopic (exact) mass is 390 g/mol. The Morgan fingerprint density at radius 2 is 1.52 bits per heavy atom. The summed E-state index contributed by atoms with van der Waals surface area (Å²) in [7, 11) is 8.65. The van der Waals surface area contributed by atoms with Crippen molar-refractivity contribution < 1.29 is 0 Å². The lowest BCUT2D eigenvalue weighted by atomic mass is 9.80. The first-order valence-corrected chi connectivity index (χ1v) is 11.2. The Balaban J connectivity index is 2.53. The van der Waals surface area contributed by atoms with Crippen LogP contribution in [0.3, 0.4) is 0 Å². The molecule has 0 aliphatic heterocycles. The topological polar surface area (TPSA) is 0 Å². The van der Waals surface area contributed by atoms with E-state index in [1.54, 1.807) is 0 Å². The van der Waals surface area contributed by atoms with E-state index >= 15 is 0 Å². The third-order valence-electron chi connectivity index (χ3n) is 5.21. The fraction of sp³-hybridized carbons (Fsp3) is 0.455. The fourth-order valence-corrected chi connectivity index (χ4v) is 5.31. The minimum atomic E-state index is 0.0425. The molecule has 2 aliphatic rings. The van der Waals surface area contributed by atoms with Gasteiger partial charge in [0.05, 0.1) is 0 Å². The van der Waals surface area contributed by atoms with Gasteiger partial charge in [0.15, 0.2) is 0 Å².